The summed E-state index contributed by atoms with van der Waals surface area (Å²) in [7, 11) is 0. The first-order valence-electron chi connectivity index (χ1n) is 16.7. The molecule has 0 heterocycles. The Bertz CT molecular complexity index is 1170. The summed E-state index contributed by atoms with van der Waals surface area (Å²) in [4.78, 5) is 99.4. The first kappa shape index (κ1) is 45.6. The van der Waals surface area contributed by atoms with Gasteiger partial charge in [-0.2, -0.15) is 0 Å². The van der Waals surface area contributed by atoms with Gasteiger partial charge in [-0.1, -0.05) is 27.7 Å². The molecule has 0 unspecified atom stereocenters. The molecule has 7 amide bonds. The van der Waals surface area contributed by atoms with Crippen LogP contribution in [-0.2, 0) is 38.4 Å². The molecule has 0 aromatic rings. The van der Waals surface area contributed by atoms with Gasteiger partial charge >= 0.3 is 5.97 Å². The molecule has 286 valence electrons. The Labute approximate surface area is 292 Å². The summed E-state index contributed by atoms with van der Waals surface area (Å²) in [6.07, 6.45) is 1.22. The maximum absolute atomic E-state index is 13.0. The number of carbonyl (C=O) groups excluding carboxylic acids is 7. The lowest BCUT2D eigenvalue weighted by Crippen LogP contribution is -2.59. The van der Waals surface area contributed by atoms with Gasteiger partial charge in [0.1, 0.15) is 30.2 Å². The third kappa shape index (κ3) is 19.0. The monoisotopic (exact) mass is 715 g/mol. The summed E-state index contributed by atoms with van der Waals surface area (Å²) in [6.45, 7) is 7.41. The maximum Gasteiger partial charge on any atom is 0.326 e. The zero-order chi connectivity index (χ0) is 38.6. The van der Waals surface area contributed by atoms with Crippen LogP contribution in [0.5, 0.6) is 0 Å². The molecule has 0 aromatic heterocycles. The van der Waals surface area contributed by atoms with E-state index in [1.54, 1.807) is 13.8 Å². The minimum atomic E-state index is -1.54. The van der Waals surface area contributed by atoms with Crippen LogP contribution in [0.1, 0.15) is 79.6 Å². The van der Waals surface area contributed by atoms with E-state index in [1.165, 1.54) is 6.92 Å². The average Bonchev–Trinajstić information content (AvgIpc) is 3.02. The minimum Gasteiger partial charge on any atom is -0.480 e. The van der Waals surface area contributed by atoms with E-state index in [2.05, 4.69) is 31.9 Å². The number of nitrogens with one attached hydrogen (secondary N) is 6. The van der Waals surface area contributed by atoms with Crippen LogP contribution in [0.4, 0.5) is 0 Å². The van der Waals surface area contributed by atoms with Crippen molar-refractivity contribution in [1.82, 2.24) is 31.9 Å². The van der Waals surface area contributed by atoms with Crippen molar-refractivity contribution in [3.05, 3.63) is 0 Å². The molecular weight excluding hydrogens is 658 g/mol. The van der Waals surface area contributed by atoms with Gasteiger partial charge < -0.3 is 59.3 Å². The molecular formula is C31H57N9O10. The molecule has 0 rings (SSSR count). The number of hydrogen-bond donors (Lipinski definition) is 11. The fraction of sp³-hybridized carbons (Fsp3) is 0.742. The number of aliphatic hydroxyl groups is 1. The lowest BCUT2D eigenvalue weighted by Gasteiger charge is -2.25. The quantitative estimate of drug-likeness (QED) is 0.0409. The number of aliphatic hydroxyl groups excluding tert-OH is 1. The highest BCUT2D eigenvalue weighted by atomic mass is 16.4. The second-order valence-corrected chi connectivity index (χ2v) is 12.9. The number of carboxylic acids is 1. The van der Waals surface area contributed by atoms with Gasteiger partial charge in [0, 0.05) is 6.42 Å². The number of rotatable bonds is 25. The van der Waals surface area contributed by atoms with Crippen molar-refractivity contribution in [3.8, 4) is 0 Å². The Morgan fingerprint density at radius 2 is 1.18 bits per heavy atom. The summed E-state index contributed by atoms with van der Waals surface area (Å²) in [5.74, 6) is -6.80. The number of aliphatic carboxylic acids is 1. The van der Waals surface area contributed by atoms with E-state index in [0.717, 1.165) is 0 Å². The molecule has 0 fully saturated rings. The highest BCUT2D eigenvalue weighted by molar-refractivity contribution is 5.96. The van der Waals surface area contributed by atoms with E-state index in [-0.39, 0.29) is 37.5 Å². The van der Waals surface area contributed by atoms with E-state index < -0.39 is 96.7 Å². The Hall–Kier alpha value is -4.36. The van der Waals surface area contributed by atoms with Crippen LogP contribution >= 0.6 is 0 Å². The van der Waals surface area contributed by atoms with Crippen molar-refractivity contribution in [2.24, 2.45) is 29.0 Å². The topological polar surface area (TPSA) is 327 Å². The predicted octanol–water partition coefficient (Wildman–Crippen LogP) is -3.56. The standard InChI is InChI=1S/C31H57N9O10/c1-16(2)12-19(33)27(45)37-20(9-10-24(34)42)28(46)35-14-25(43)36-18(5)26(44)40-23(15-41)30(48)39-22(13-17(3)4)29(47)38-21(31(49)50)8-6-7-11-32/h16-23,41H,6-15,32-33H2,1-5H3,(H2,34,42)(H,35,46)(H,36,43)(H,37,45)(H,38,47)(H,39,48)(H,40,44)(H,49,50)/t18-,19-,20-,21-,22-,23-/m0/s1. The Kier molecular flexibility index (Phi) is 21.8. The van der Waals surface area contributed by atoms with Crippen molar-refractivity contribution < 1.29 is 48.6 Å². The highest BCUT2D eigenvalue weighted by Gasteiger charge is 2.31. The van der Waals surface area contributed by atoms with Gasteiger partial charge in [-0.05, 0) is 63.8 Å². The van der Waals surface area contributed by atoms with Gasteiger partial charge in [0.2, 0.25) is 41.4 Å². The van der Waals surface area contributed by atoms with Gasteiger partial charge in [0.05, 0.1) is 19.2 Å². The predicted molar refractivity (Wildman–Crippen MR) is 181 cm³/mol. The van der Waals surface area contributed by atoms with E-state index in [0.29, 0.717) is 25.8 Å². The van der Waals surface area contributed by atoms with E-state index in [9.17, 15) is 48.6 Å². The van der Waals surface area contributed by atoms with Crippen molar-refractivity contribution in [2.75, 3.05) is 19.7 Å². The van der Waals surface area contributed by atoms with Gasteiger partial charge in [-0.25, -0.2) is 4.79 Å². The van der Waals surface area contributed by atoms with E-state index in [1.807, 2.05) is 13.8 Å². The fourth-order valence-electron chi connectivity index (χ4n) is 4.59. The van der Waals surface area contributed by atoms with Crippen LogP contribution in [0.15, 0.2) is 0 Å². The number of hydrogen-bond acceptors (Lipinski definition) is 11. The lowest BCUT2D eigenvalue weighted by molar-refractivity contribution is -0.142. The van der Waals surface area contributed by atoms with Crippen molar-refractivity contribution >= 4 is 47.3 Å². The van der Waals surface area contributed by atoms with Crippen LogP contribution in [0.25, 0.3) is 0 Å². The van der Waals surface area contributed by atoms with Crippen molar-refractivity contribution in [2.45, 2.75) is 116 Å². The average molecular weight is 716 g/mol. The van der Waals surface area contributed by atoms with Crippen molar-refractivity contribution in [1.29, 1.82) is 0 Å². The van der Waals surface area contributed by atoms with Crippen molar-refractivity contribution in [3.63, 3.8) is 0 Å². The molecule has 6 atom stereocenters. The molecule has 0 radical (unpaired) electrons. The minimum absolute atomic E-state index is 0.0992. The van der Waals surface area contributed by atoms with Gasteiger partial charge in [-0.15, -0.1) is 0 Å². The SMILES string of the molecule is CC(C)C[C@H](NC(=O)[C@H](CO)NC(=O)[C@H](C)NC(=O)CNC(=O)[C@H](CCC(N)=O)NC(=O)[C@@H](N)CC(C)C)C(=O)N[C@@H](CCCCN)C(=O)O. The Balaban J connectivity index is 5.31. The Morgan fingerprint density at radius 3 is 1.70 bits per heavy atom. The zero-order valence-electron chi connectivity index (χ0n) is 29.6. The van der Waals surface area contributed by atoms with Crippen LogP contribution < -0.4 is 49.1 Å². The molecule has 14 N–H and O–H groups in total. The molecule has 0 saturated carbocycles. The summed E-state index contributed by atoms with van der Waals surface area (Å²) in [5, 5.41) is 33.6. The molecule has 0 aliphatic rings. The second-order valence-electron chi connectivity index (χ2n) is 12.9. The van der Waals surface area contributed by atoms with E-state index >= 15 is 0 Å². The molecule has 0 spiro atoms. The summed E-state index contributed by atoms with van der Waals surface area (Å²) >= 11 is 0. The Morgan fingerprint density at radius 1 is 0.640 bits per heavy atom. The number of unbranched alkanes of at least 4 members (excludes halogenated alkanes) is 1. The molecule has 19 heteroatoms. The van der Waals surface area contributed by atoms with Gasteiger partial charge in [-0.3, -0.25) is 33.6 Å². The molecule has 50 heavy (non-hydrogen) atoms. The number of nitrogens with two attached hydrogens (primary N) is 3. The number of primary amides is 1. The van der Waals surface area contributed by atoms with Gasteiger partial charge in [0.15, 0.2) is 0 Å². The first-order chi connectivity index (χ1) is 23.3. The van der Waals surface area contributed by atoms with Crippen LogP contribution in [0, 0.1) is 11.8 Å². The molecule has 19 nitrogen and oxygen atoms in total. The smallest absolute Gasteiger partial charge is 0.326 e. The molecule has 0 aromatic carbocycles. The maximum atomic E-state index is 13.0. The third-order valence-corrected chi connectivity index (χ3v) is 7.29. The summed E-state index contributed by atoms with van der Waals surface area (Å²) < 4.78 is 0. The fourth-order valence-corrected chi connectivity index (χ4v) is 4.59. The second kappa shape index (κ2) is 23.9. The van der Waals surface area contributed by atoms with Crippen LogP contribution in [0.3, 0.4) is 0 Å². The highest BCUT2D eigenvalue weighted by Crippen LogP contribution is 2.08. The van der Waals surface area contributed by atoms with E-state index in [4.69, 9.17) is 17.2 Å². The van der Waals surface area contributed by atoms with Crippen LogP contribution in [0.2, 0.25) is 0 Å². The number of carbonyl (C=O) groups is 8. The summed E-state index contributed by atoms with van der Waals surface area (Å²) in [5.41, 5.74) is 16.5. The lowest BCUT2D eigenvalue weighted by atomic mass is 10.0. The van der Waals surface area contributed by atoms with Crippen LogP contribution in [-0.4, -0.2) is 113 Å². The number of carboxylic acid groups (broad SMARTS) is 1. The molecule has 0 saturated heterocycles. The normalized spacial score (nSPS) is 14.7. The number of amides is 7. The summed E-state index contributed by atoms with van der Waals surface area (Å²) in [6, 6.07) is -7.34. The zero-order valence-corrected chi connectivity index (χ0v) is 29.6. The van der Waals surface area contributed by atoms with Gasteiger partial charge in [0.25, 0.3) is 0 Å². The first-order valence-corrected chi connectivity index (χ1v) is 16.7. The third-order valence-electron chi connectivity index (χ3n) is 7.29. The molecule has 0 aliphatic carbocycles. The molecule has 0 aliphatic heterocycles. The molecule has 0 bridgehead atoms. The largest absolute Gasteiger partial charge is 0.480 e.